The Hall–Kier alpha value is -2.15. The van der Waals surface area contributed by atoms with E-state index in [0.29, 0.717) is 12.5 Å². The van der Waals surface area contributed by atoms with E-state index in [1.54, 1.807) is 6.08 Å². The minimum atomic E-state index is -0.669. The second kappa shape index (κ2) is 10.00. The van der Waals surface area contributed by atoms with Crippen molar-refractivity contribution in [3.05, 3.63) is 41.5 Å². The summed E-state index contributed by atoms with van der Waals surface area (Å²) in [4.78, 5) is 15.6. The third kappa shape index (κ3) is 4.75. The van der Waals surface area contributed by atoms with Crippen LogP contribution >= 0.6 is 0 Å². The molecule has 1 heterocycles. The van der Waals surface area contributed by atoms with Gasteiger partial charge in [-0.2, -0.15) is 10.2 Å². The van der Waals surface area contributed by atoms with Gasteiger partial charge in [0.25, 0.3) is 0 Å². The van der Waals surface area contributed by atoms with E-state index in [9.17, 15) is 18.7 Å². The lowest BCUT2D eigenvalue weighted by Crippen LogP contribution is -2.48. The Morgan fingerprint density at radius 1 is 1.27 bits per heavy atom. The van der Waals surface area contributed by atoms with Gasteiger partial charge in [-0.1, -0.05) is 39.8 Å². The molecule has 1 aliphatic carbocycles. The van der Waals surface area contributed by atoms with Gasteiger partial charge in [0.15, 0.2) is 0 Å². The predicted octanol–water partition coefficient (Wildman–Crippen LogP) is 5.70. The lowest BCUT2D eigenvalue weighted by atomic mass is 9.62. The average Bonchev–Trinajstić information content (AvgIpc) is 3.30. The highest BCUT2D eigenvalue weighted by molar-refractivity contribution is 5.84. The number of aliphatic hydroxyl groups is 1. The zero-order valence-electron chi connectivity index (χ0n) is 20.4. The second-order valence-electron chi connectivity index (χ2n) is 10.4. The minimum Gasteiger partial charge on any atom is -0.396 e. The second-order valence-corrected chi connectivity index (χ2v) is 10.4. The van der Waals surface area contributed by atoms with Crippen LogP contribution in [0.4, 0.5) is 8.78 Å². The Balaban J connectivity index is 1.86. The molecular weight excluding hydrogens is 424 g/mol. The summed E-state index contributed by atoms with van der Waals surface area (Å²) in [6, 6.07) is 3.77. The van der Waals surface area contributed by atoms with Crippen molar-refractivity contribution in [3.8, 4) is 0 Å². The molecule has 0 aromatic heterocycles. The number of hydrogen-bond acceptors (Lipinski definition) is 4. The van der Waals surface area contributed by atoms with E-state index in [4.69, 9.17) is 0 Å². The topological polar surface area (TPSA) is 65.3 Å². The number of carbonyl (C=O) groups is 1. The molecule has 2 aliphatic rings. The van der Waals surface area contributed by atoms with Crippen LogP contribution in [0.1, 0.15) is 58.9 Å². The number of rotatable bonds is 7. The van der Waals surface area contributed by atoms with Gasteiger partial charge in [-0.15, -0.1) is 0 Å². The molecule has 1 aromatic carbocycles. The molecule has 7 heteroatoms. The van der Waals surface area contributed by atoms with E-state index in [0.717, 1.165) is 32.2 Å². The molecule has 2 fully saturated rings. The van der Waals surface area contributed by atoms with Crippen LogP contribution in [-0.2, 0) is 4.79 Å². The number of aliphatic hydroxyl groups excluding tert-OH is 1. The number of likely N-dealkylation sites (tertiary alicyclic amines) is 1. The molecule has 5 nitrogen and oxygen atoms in total. The fourth-order valence-electron chi connectivity index (χ4n) is 6.01. The Kier molecular flexibility index (Phi) is 7.72. The third-order valence-corrected chi connectivity index (χ3v) is 8.37. The molecule has 33 heavy (non-hydrogen) atoms. The van der Waals surface area contributed by atoms with E-state index in [1.807, 2.05) is 11.8 Å². The summed E-state index contributed by atoms with van der Waals surface area (Å²) in [5.41, 5.74) is -0.833. The van der Waals surface area contributed by atoms with Crippen molar-refractivity contribution in [2.24, 2.45) is 38.8 Å². The van der Waals surface area contributed by atoms with Gasteiger partial charge in [0, 0.05) is 26.7 Å². The van der Waals surface area contributed by atoms with Gasteiger partial charge in [0.1, 0.15) is 11.6 Å². The minimum absolute atomic E-state index is 0.0603. The first-order valence-electron chi connectivity index (χ1n) is 11.9. The first kappa shape index (κ1) is 25.5. The first-order chi connectivity index (χ1) is 15.6. The molecule has 4 atom stereocenters. The van der Waals surface area contributed by atoms with Crippen LogP contribution in [0.15, 0.2) is 34.5 Å². The fourth-order valence-corrected chi connectivity index (χ4v) is 6.01. The van der Waals surface area contributed by atoms with Crippen LogP contribution in [-0.4, -0.2) is 42.7 Å². The average molecular weight is 462 g/mol. The molecule has 182 valence electrons. The highest BCUT2D eigenvalue weighted by Gasteiger charge is 2.58. The Morgan fingerprint density at radius 3 is 2.55 bits per heavy atom. The summed E-state index contributed by atoms with van der Waals surface area (Å²) in [6.45, 7) is 9.97. The van der Waals surface area contributed by atoms with Crippen LogP contribution in [0, 0.1) is 40.2 Å². The maximum atomic E-state index is 14.4. The SMILES string of the molecule is CN=N/C(=C\C(C)C1CC[C@](C)(C(=O)N2CCC(CCO)C2)C1(C)C)c1c(F)cccc1F. The van der Waals surface area contributed by atoms with Gasteiger partial charge in [-0.25, -0.2) is 8.78 Å². The van der Waals surface area contributed by atoms with E-state index >= 15 is 0 Å². The molecule has 3 rings (SSSR count). The van der Waals surface area contributed by atoms with Crippen LogP contribution < -0.4 is 0 Å². The highest BCUT2D eigenvalue weighted by atomic mass is 19.1. The van der Waals surface area contributed by atoms with Crippen molar-refractivity contribution in [2.45, 2.75) is 53.4 Å². The number of azo groups is 1. The molecule has 0 bridgehead atoms. The van der Waals surface area contributed by atoms with Gasteiger partial charge >= 0.3 is 0 Å². The number of halogens is 2. The van der Waals surface area contributed by atoms with Gasteiger partial charge in [-0.3, -0.25) is 4.79 Å². The van der Waals surface area contributed by atoms with Crippen LogP contribution in [0.5, 0.6) is 0 Å². The van der Waals surface area contributed by atoms with Crippen molar-refractivity contribution >= 4 is 11.6 Å². The smallest absolute Gasteiger partial charge is 0.229 e. The molecular formula is C26H37F2N3O2. The first-order valence-corrected chi connectivity index (χ1v) is 11.9. The van der Waals surface area contributed by atoms with Crippen molar-refractivity contribution in [1.29, 1.82) is 0 Å². The Labute approximate surface area is 196 Å². The summed E-state index contributed by atoms with van der Waals surface area (Å²) < 4.78 is 28.9. The molecule has 3 unspecified atom stereocenters. The summed E-state index contributed by atoms with van der Waals surface area (Å²) in [7, 11) is 1.48. The lowest BCUT2D eigenvalue weighted by Gasteiger charge is -2.44. The van der Waals surface area contributed by atoms with Crippen LogP contribution in [0.25, 0.3) is 5.70 Å². The number of nitrogens with zero attached hydrogens (tertiary/aromatic N) is 3. The largest absolute Gasteiger partial charge is 0.396 e. The van der Waals surface area contributed by atoms with Crippen LogP contribution in [0.3, 0.4) is 0 Å². The monoisotopic (exact) mass is 461 g/mol. The summed E-state index contributed by atoms with van der Waals surface area (Å²) >= 11 is 0. The maximum Gasteiger partial charge on any atom is 0.229 e. The Bertz CT molecular complexity index is 910. The van der Waals surface area contributed by atoms with Crippen molar-refractivity contribution in [3.63, 3.8) is 0 Å². The maximum absolute atomic E-state index is 14.4. The van der Waals surface area contributed by atoms with Crippen LogP contribution in [0.2, 0.25) is 0 Å². The number of carbonyl (C=O) groups excluding carboxylic acids is 1. The predicted molar refractivity (Wildman–Crippen MR) is 125 cm³/mol. The number of benzene rings is 1. The molecule has 1 N–H and O–H groups in total. The number of allylic oxidation sites excluding steroid dienone is 1. The van der Waals surface area contributed by atoms with E-state index < -0.39 is 17.0 Å². The summed E-state index contributed by atoms with van der Waals surface area (Å²) in [6.07, 6.45) is 5.07. The quantitative estimate of drug-likeness (QED) is 0.530. The molecule has 1 aromatic rings. The standard InChI is InChI=1S/C26H37F2N3O2/c1-17(15-22(30-29-5)23-20(27)7-6-8-21(23)28)19-9-12-26(4,25(19,2)3)24(33)31-13-10-18(16-31)11-14-32/h6-8,15,17-19,32H,9-14,16H2,1-5H3/b22-15-,30-29?/t17?,18?,19?,26-/m1/s1. The molecule has 0 spiro atoms. The van der Waals surface area contributed by atoms with Gasteiger partial charge < -0.3 is 10.0 Å². The molecule has 1 amide bonds. The molecule has 0 radical (unpaired) electrons. The summed E-state index contributed by atoms with van der Waals surface area (Å²) in [5, 5.41) is 17.1. The van der Waals surface area contributed by atoms with Gasteiger partial charge in [0.2, 0.25) is 5.91 Å². The molecule has 1 saturated heterocycles. The zero-order valence-corrected chi connectivity index (χ0v) is 20.4. The normalized spacial score (nSPS) is 28.6. The zero-order chi connectivity index (χ0) is 24.4. The third-order valence-electron chi connectivity index (χ3n) is 8.37. The molecule has 1 saturated carbocycles. The van der Waals surface area contributed by atoms with E-state index in [1.165, 1.54) is 25.2 Å². The van der Waals surface area contributed by atoms with Crippen molar-refractivity contribution in [2.75, 3.05) is 26.7 Å². The van der Waals surface area contributed by atoms with Crippen molar-refractivity contribution in [1.82, 2.24) is 4.90 Å². The fraction of sp³-hybridized carbons (Fsp3) is 0.654. The van der Waals surface area contributed by atoms with Crippen molar-refractivity contribution < 1.29 is 18.7 Å². The molecule has 1 aliphatic heterocycles. The number of hydrogen-bond donors (Lipinski definition) is 1. The van der Waals surface area contributed by atoms with Gasteiger partial charge in [-0.05, 0) is 61.0 Å². The highest BCUT2D eigenvalue weighted by Crippen LogP contribution is 2.59. The van der Waals surface area contributed by atoms with E-state index in [-0.39, 0.29) is 41.0 Å². The number of amides is 1. The van der Waals surface area contributed by atoms with Gasteiger partial charge in [0.05, 0.1) is 16.7 Å². The Morgan fingerprint density at radius 2 is 1.94 bits per heavy atom. The summed E-state index contributed by atoms with van der Waals surface area (Å²) in [5.74, 6) is -0.715. The van der Waals surface area contributed by atoms with E-state index in [2.05, 4.69) is 31.0 Å². The lowest BCUT2D eigenvalue weighted by molar-refractivity contribution is -0.146.